The number of sulfonamides is 1. The van der Waals surface area contributed by atoms with Gasteiger partial charge in [-0.3, -0.25) is 9.10 Å². The average Bonchev–Trinajstić information content (AvgIpc) is 2.96. The van der Waals surface area contributed by atoms with Crippen LogP contribution in [-0.2, 0) is 16.4 Å². The van der Waals surface area contributed by atoms with Crippen molar-refractivity contribution in [2.24, 2.45) is 5.92 Å². The van der Waals surface area contributed by atoms with Crippen LogP contribution >= 0.6 is 11.6 Å². The third kappa shape index (κ3) is 4.62. The Balaban J connectivity index is 1.78. The van der Waals surface area contributed by atoms with E-state index in [1.807, 2.05) is 12.1 Å². The Morgan fingerprint density at radius 1 is 1.19 bits per heavy atom. The minimum Gasteiger partial charge on any atom is -0.321 e. The third-order valence-electron chi connectivity index (χ3n) is 4.45. The van der Waals surface area contributed by atoms with Gasteiger partial charge in [-0.15, -0.1) is 0 Å². The van der Waals surface area contributed by atoms with Crippen molar-refractivity contribution >= 4 is 38.9 Å². The highest BCUT2D eigenvalue weighted by Crippen LogP contribution is 2.31. The second-order valence-electron chi connectivity index (χ2n) is 7.15. The van der Waals surface area contributed by atoms with E-state index in [1.165, 1.54) is 9.87 Å². The molecule has 144 valence electrons. The highest BCUT2D eigenvalue weighted by atomic mass is 35.5. The van der Waals surface area contributed by atoms with Crippen LogP contribution in [0.2, 0.25) is 5.02 Å². The predicted molar refractivity (Wildman–Crippen MR) is 110 cm³/mol. The Hall–Kier alpha value is -2.05. The first-order valence-electron chi connectivity index (χ1n) is 8.96. The molecule has 0 bridgehead atoms. The molecule has 0 spiro atoms. The summed E-state index contributed by atoms with van der Waals surface area (Å²) in [6.45, 7) is 4.74. The van der Waals surface area contributed by atoms with E-state index in [1.54, 1.807) is 30.3 Å². The fraction of sp³-hybridized carbons (Fsp3) is 0.350. The molecule has 2 aromatic carbocycles. The molecular formula is C20H23ClN2O3S. The summed E-state index contributed by atoms with van der Waals surface area (Å²) in [5, 5.41) is 3.15. The van der Waals surface area contributed by atoms with Crippen molar-refractivity contribution in [2.75, 3.05) is 21.9 Å². The molecule has 1 aliphatic rings. The Bertz CT molecular complexity index is 940. The van der Waals surface area contributed by atoms with Crippen molar-refractivity contribution in [3.63, 3.8) is 0 Å². The zero-order valence-corrected chi connectivity index (χ0v) is 17.0. The van der Waals surface area contributed by atoms with E-state index >= 15 is 0 Å². The van der Waals surface area contributed by atoms with E-state index in [9.17, 15) is 13.2 Å². The maximum absolute atomic E-state index is 12.6. The lowest BCUT2D eigenvalue weighted by Crippen LogP contribution is -2.25. The van der Waals surface area contributed by atoms with E-state index < -0.39 is 10.0 Å². The summed E-state index contributed by atoms with van der Waals surface area (Å²) < 4.78 is 25.6. The number of halogens is 1. The van der Waals surface area contributed by atoms with Gasteiger partial charge >= 0.3 is 0 Å². The van der Waals surface area contributed by atoms with Crippen molar-refractivity contribution in [2.45, 2.75) is 26.7 Å². The quantitative estimate of drug-likeness (QED) is 0.803. The highest BCUT2D eigenvalue weighted by Gasteiger charge is 2.28. The number of benzene rings is 2. The molecule has 1 saturated heterocycles. The first-order chi connectivity index (χ1) is 12.8. The van der Waals surface area contributed by atoms with Crippen LogP contribution in [0, 0.1) is 5.92 Å². The van der Waals surface area contributed by atoms with Crippen molar-refractivity contribution in [1.82, 2.24) is 0 Å². The number of amides is 1. The van der Waals surface area contributed by atoms with Gasteiger partial charge in [0.25, 0.3) is 5.91 Å². The van der Waals surface area contributed by atoms with Gasteiger partial charge in [0.05, 0.1) is 22.2 Å². The Kier molecular flexibility index (Phi) is 5.77. The largest absolute Gasteiger partial charge is 0.321 e. The van der Waals surface area contributed by atoms with Gasteiger partial charge in [-0.25, -0.2) is 8.42 Å². The van der Waals surface area contributed by atoms with Crippen LogP contribution in [0.25, 0.3) is 0 Å². The Morgan fingerprint density at radius 3 is 2.48 bits per heavy atom. The molecule has 2 aromatic rings. The first-order valence-corrected chi connectivity index (χ1v) is 11.0. The average molecular weight is 407 g/mol. The molecule has 5 nitrogen and oxygen atoms in total. The summed E-state index contributed by atoms with van der Waals surface area (Å²) in [7, 11) is -3.29. The number of nitrogens with one attached hydrogen (secondary N) is 1. The lowest BCUT2D eigenvalue weighted by atomic mass is 10.0. The molecule has 27 heavy (non-hydrogen) atoms. The summed E-state index contributed by atoms with van der Waals surface area (Å²) >= 11 is 6.21. The Labute approximate surface area is 165 Å². The van der Waals surface area contributed by atoms with Crippen LogP contribution in [0.4, 0.5) is 11.4 Å². The summed E-state index contributed by atoms with van der Waals surface area (Å²) in [6, 6.07) is 12.3. The minimum atomic E-state index is -3.29. The van der Waals surface area contributed by atoms with E-state index in [0.29, 0.717) is 40.8 Å². The lowest BCUT2D eigenvalue weighted by molar-refractivity contribution is 0.102. The van der Waals surface area contributed by atoms with Crippen molar-refractivity contribution in [1.29, 1.82) is 0 Å². The van der Waals surface area contributed by atoms with Crippen LogP contribution in [0.5, 0.6) is 0 Å². The van der Waals surface area contributed by atoms with Crippen LogP contribution in [0.3, 0.4) is 0 Å². The predicted octanol–water partition coefficient (Wildman–Crippen LogP) is 4.33. The van der Waals surface area contributed by atoms with Gasteiger partial charge in [0.15, 0.2) is 0 Å². The zero-order chi connectivity index (χ0) is 19.6. The first kappa shape index (κ1) is 19.7. The number of hydrogen-bond acceptors (Lipinski definition) is 3. The Morgan fingerprint density at radius 2 is 1.89 bits per heavy atom. The molecule has 1 heterocycles. The second kappa shape index (κ2) is 7.90. The fourth-order valence-electron chi connectivity index (χ4n) is 3.15. The molecule has 3 rings (SSSR count). The van der Waals surface area contributed by atoms with Crippen LogP contribution in [0.1, 0.15) is 36.2 Å². The lowest BCUT2D eigenvalue weighted by Gasteiger charge is -2.18. The van der Waals surface area contributed by atoms with E-state index in [-0.39, 0.29) is 11.7 Å². The van der Waals surface area contributed by atoms with E-state index in [0.717, 1.165) is 6.42 Å². The summed E-state index contributed by atoms with van der Waals surface area (Å²) in [5.41, 5.74) is 2.62. The standard InChI is InChI=1S/C20H23ClN2O3S/c1-14(2)12-15-4-6-16(7-5-15)20(24)22-19-13-17(8-9-18(19)21)23-10-3-11-27(23,25)26/h4-9,13-14H,3,10-12H2,1-2H3,(H,22,24). The molecular weight excluding hydrogens is 384 g/mol. The van der Waals surface area contributed by atoms with Gasteiger partial charge in [0.1, 0.15) is 0 Å². The molecule has 1 amide bonds. The van der Waals surface area contributed by atoms with E-state index in [2.05, 4.69) is 19.2 Å². The van der Waals surface area contributed by atoms with Gasteiger partial charge in [-0.2, -0.15) is 0 Å². The molecule has 1 N–H and O–H groups in total. The SMILES string of the molecule is CC(C)Cc1ccc(C(=O)Nc2cc(N3CCCS3(=O)=O)ccc2Cl)cc1. The monoisotopic (exact) mass is 406 g/mol. The zero-order valence-electron chi connectivity index (χ0n) is 15.4. The fourth-order valence-corrected chi connectivity index (χ4v) is 4.87. The van der Waals surface area contributed by atoms with Crippen LogP contribution < -0.4 is 9.62 Å². The number of nitrogens with zero attached hydrogens (tertiary/aromatic N) is 1. The van der Waals surface area contributed by atoms with Crippen molar-refractivity contribution in [3.05, 3.63) is 58.6 Å². The number of anilines is 2. The number of rotatable bonds is 5. The molecule has 0 aliphatic carbocycles. The topological polar surface area (TPSA) is 66.5 Å². The van der Waals surface area contributed by atoms with Gasteiger partial charge in [-0.05, 0) is 54.7 Å². The normalized spacial score (nSPS) is 15.9. The number of carbonyl (C=O) groups is 1. The molecule has 0 saturated carbocycles. The molecule has 0 aromatic heterocycles. The summed E-state index contributed by atoms with van der Waals surface area (Å²) in [4.78, 5) is 12.6. The molecule has 7 heteroatoms. The van der Waals surface area contributed by atoms with Crippen LogP contribution in [-0.4, -0.2) is 26.6 Å². The smallest absolute Gasteiger partial charge is 0.255 e. The highest BCUT2D eigenvalue weighted by molar-refractivity contribution is 7.93. The molecule has 0 unspecified atom stereocenters. The molecule has 1 aliphatic heterocycles. The van der Waals surface area contributed by atoms with Crippen molar-refractivity contribution < 1.29 is 13.2 Å². The minimum absolute atomic E-state index is 0.139. The number of carbonyl (C=O) groups excluding carboxylic acids is 1. The maximum atomic E-state index is 12.6. The third-order valence-corrected chi connectivity index (χ3v) is 6.64. The molecule has 0 atom stereocenters. The van der Waals surface area contributed by atoms with Gasteiger partial charge < -0.3 is 5.32 Å². The van der Waals surface area contributed by atoms with Gasteiger partial charge in [-0.1, -0.05) is 37.6 Å². The van der Waals surface area contributed by atoms with Crippen molar-refractivity contribution in [3.8, 4) is 0 Å². The van der Waals surface area contributed by atoms with Gasteiger partial charge in [0, 0.05) is 12.1 Å². The molecule has 1 fully saturated rings. The second-order valence-corrected chi connectivity index (χ2v) is 9.57. The van der Waals surface area contributed by atoms with Gasteiger partial charge in [0.2, 0.25) is 10.0 Å². The van der Waals surface area contributed by atoms with E-state index in [4.69, 9.17) is 11.6 Å². The summed E-state index contributed by atoms with van der Waals surface area (Å²) in [5.74, 6) is 0.405. The summed E-state index contributed by atoms with van der Waals surface area (Å²) in [6.07, 6.45) is 1.55. The van der Waals surface area contributed by atoms with Crippen LogP contribution in [0.15, 0.2) is 42.5 Å². The number of hydrogen-bond donors (Lipinski definition) is 1. The molecule has 0 radical (unpaired) electrons. The maximum Gasteiger partial charge on any atom is 0.255 e.